The number of carbonyl (C=O) groups is 6. The van der Waals surface area contributed by atoms with Gasteiger partial charge in [0.05, 0.1) is 12.9 Å². The van der Waals surface area contributed by atoms with E-state index in [0.717, 1.165) is 0 Å². The number of H-pyrrole nitrogens is 1. The van der Waals surface area contributed by atoms with Crippen molar-refractivity contribution in [2.24, 2.45) is 11.5 Å². The molecule has 0 saturated carbocycles. The zero-order chi connectivity index (χ0) is 33.4. The fourth-order valence-corrected chi connectivity index (χ4v) is 4.22. The summed E-state index contributed by atoms with van der Waals surface area (Å²) in [6.45, 7) is 2.72. The lowest BCUT2D eigenvalue weighted by atomic mass is 10.0. The second-order valence-electron chi connectivity index (χ2n) is 10.5. The van der Waals surface area contributed by atoms with Gasteiger partial charge in [-0.3, -0.25) is 28.8 Å². The molecule has 0 spiro atoms. The van der Waals surface area contributed by atoms with E-state index < -0.39 is 65.7 Å². The number of carboxylic acids is 1. The van der Waals surface area contributed by atoms with Crippen molar-refractivity contribution >= 4 is 35.5 Å². The van der Waals surface area contributed by atoms with Crippen LogP contribution >= 0.6 is 0 Å². The molecule has 0 saturated heterocycles. The molecule has 0 aliphatic carbocycles. The molecule has 0 aliphatic heterocycles. The molecule has 246 valence electrons. The molecule has 0 unspecified atom stereocenters. The Hall–Kier alpha value is -4.83. The molecule has 2 aromatic rings. The third-order valence-electron chi connectivity index (χ3n) is 6.79. The number of aliphatic carboxylic acids is 1. The average Bonchev–Trinajstić information content (AvgIpc) is 3.53. The van der Waals surface area contributed by atoms with Crippen LogP contribution in [0.5, 0.6) is 0 Å². The first-order valence-electron chi connectivity index (χ1n) is 14.6. The fourth-order valence-electron chi connectivity index (χ4n) is 4.22. The summed E-state index contributed by atoms with van der Waals surface area (Å²) >= 11 is 0. The molecule has 5 atom stereocenters. The zero-order valence-corrected chi connectivity index (χ0v) is 25.4. The number of imidazole rings is 1. The molecule has 45 heavy (non-hydrogen) atoms. The van der Waals surface area contributed by atoms with Gasteiger partial charge in [-0.15, -0.1) is 0 Å². The van der Waals surface area contributed by atoms with Crippen LogP contribution in [0.4, 0.5) is 0 Å². The maximum Gasteiger partial charge on any atom is 0.325 e. The summed E-state index contributed by atoms with van der Waals surface area (Å²) in [6.07, 6.45) is 4.28. The van der Waals surface area contributed by atoms with Crippen LogP contribution in [0.2, 0.25) is 0 Å². The smallest absolute Gasteiger partial charge is 0.325 e. The molecule has 0 bridgehead atoms. The minimum atomic E-state index is -1.24. The summed E-state index contributed by atoms with van der Waals surface area (Å²) in [7, 11) is 0. The largest absolute Gasteiger partial charge is 0.480 e. The number of nitrogens with two attached hydrogens (primary N) is 2. The molecule has 5 amide bonds. The maximum atomic E-state index is 13.3. The van der Waals surface area contributed by atoms with E-state index in [9.17, 15) is 33.9 Å². The number of nitrogens with zero attached hydrogens (tertiary/aromatic N) is 1. The maximum absolute atomic E-state index is 13.3. The van der Waals surface area contributed by atoms with E-state index >= 15 is 0 Å². The number of amides is 5. The summed E-state index contributed by atoms with van der Waals surface area (Å²) in [5.74, 6) is -4.56. The summed E-state index contributed by atoms with van der Waals surface area (Å²) < 4.78 is 0. The topological polar surface area (TPSA) is 264 Å². The van der Waals surface area contributed by atoms with Crippen molar-refractivity contribution in [2.45, 2.75) is 76.2 Å². The number of carboxylic acid groups (broad SMARTS) is 1. The number of hydrogen-bond acceptors (Lipinski definition) is 9. The van der Waals surface area contributed by atoms with E-state index in [1.54, 1.807) is 30.3 Å². The Bertz CT molecular complexity index is 1270. The van der Waals surface area contributed by atoms with Crippen molar-refractivity contribution in [1.82, 2.24) is 36.6 Å². The van der Waals surface area contributed by atoms with Crippen LogP contribution in [0, 0.1) is 0 Å². The predicted molar refractivity (Wildman–Crippen MR) is 163 cm³/mol. The normalized spacial score (nSPS) is 14.1. The molecule has 0 radical (unpaired) electrons. The van der Waals surface area contributed by atoms with Gasteiger partial charge in [-0.1, -0.05) is 30.3 Å². The minimum Gasteiger partial charge on any atom is -0.480 e. The van der Waals surface area contributed by atoms with Gasteiger partial charge >= 0.3 is 5.97 Å². The number of aromatic amines is 1. The van der Waals surface area contributed by atoms with Crippen molar-refractivity contribution in [1.29, 1.82) is 0 Å². The van der Waals surface area contributed by atoms with Crippen molar-refractivity contribution in [3.05, 3.63) is 54.1 Å². The van der Waals surface area contributed by atoms with Crippen molar-refractivity contribution < 1.29 is 33.9 Å². The molecule has 1 aromatic heterocycles. The Morgan fingerprint density at radius 3 is 1.98 bits per heavy atom. The number of carbonyl (C=O) groups excluding carboxylic acids is 5. The predicted octanol–water partition coefficient (Wildman–Crippen LogP) is -2.17. The zero-order valence-electron chi connectivity index (χ0n) is 25.4. The summed E-state index contributed by atoms with van der Waals surface area (Å²) in [5.41, 5.74) is 12.3. The van der Waals surface area contributed by atoms with Gasteiger partial charge in [-0.2, -0.15) is 0 Å². The monoisotopic (exact) mass is 629 g/mol. The second-order valence-corrected chi connectivity index (χ2v) is 10.5. The molecule has 1 heterocycles. The van der Waals surface area contributed by atoms with E-state index in [0.29, 0.717) is 30.6 Å². The highest BCUT2D eigenvalue weighted by atomic mass is 16.4. The summed E-state index contributed by atoms with van der Waals surface area (Å²) in [5, 5.41) is 21.9. The van der Waals surface area contributed by atoms with Crippen molar-refractivity contribution in [2.75, 3.05) is 13.1 Å². The van der Waals surface area contributed by atoms with E-state index in [4.69, 9.17) is 11.5 Å². The highest BCUT2D eigenvalue weighted by Gasteiger charge is 2.30. The lowest BCUT2D eigenvalue weighted by Crippen LogP contribution is -2.58. The van der Waals surface area contributed by atoms with E-state index in [-0.39, 0.29) is 25.8 Å². The third-order valence-corrected chi connectivity index (χ3v) is 6.79. The SMILES string of the molecule is C[C@H](NC(=O)[C@H](Cc1ccccc1)NC(=O)[C@H](C)NC(=O)[C@H](CCCCN)NC(=O)[C@H](Cc1cnc[nH]1)NC(=O)CN)C(=O)O. The van der Waals surface area contributed by atoms with Crippen LogP contribution in [0.15, 0.2) is 42.9 Å². The van der Waals surface area contributed by atoms with Crippen LogP contribution < -0.4 is 38.1 Å². The number of hydrogen-bond donors (Lipinski definition) is 9. The second kappa shape index (κ2) is 18.7. The van der Waals surface area contributed by atoms with E-state index in [1.165, 1.54) is 26.4 Å². The fraction of sp³-hybridized carbons (Fsp3) is 0.483. The van der Waals surface area contributed by atoms with Gasteiger partial charge in [0.2, 0.25) is 29.5 Å². The lowest BCUT2D eigenvalue weighted by Gasteiger charge is -2.25. The number of aromatic nitrogens is 2. The Morgan fingerprint density at radius 2 is 1.38 bits per heavy atom. The number of benzene rings is 1. The number of rotatable bonds is 19. The molecule has 0 aliphatic rings. The standard InChI is InChI=1S/C29H43N9O7/c1-17(25(40)38-22(12-19-8-4-3-5-9-19)27(42)35-18(2)29(44)45)34-26(41)21(10-6-7-11-30)37-28(43)23(36-24(39)14-31)13-20-15-32-16-33-20/h3-5,8-9,15-18,21-23H,6-7,10-14,30-31H2,1-2H3,(H,32,33)(H,34,41)(H,35,42)(H,36,39)(H,37,43)(H,38,40)(H,44,45)/t17-,18-,21-,22-,23-/m0/s1. The van der Waals surface area contributed by atoms with E-state index in [2.05, 4.69) is 36.6 Å². The molecule has 11 N–H and O–H groups in total. The van der Waals surface area contributed by atoms with Crippen LogP contribution in [0.3, 0.4) is 0 Å². The molecule has 2 rings (SSSR count). The van der Waals surface area contributed by atoms with Crippen LogP contribution in [-0.4, -0.2) is 93.9 Å². The molecular weight excluding hydrogens is 586 g/mol. The average molecular weight is 630 g/mol. The van der Waals surface area contributed by atoms with Gasteiger partial charge in [0.1, 0.15) is 30.2 Å². The first kappa shape index (κ1) is 36.4. The van der Waals surface area contributed by atoms with Gasteiger partial charge in [0.25, 0.3) is 0 Å². The summed E-state index contributed by atoms with van der Waals surface area (Å²) in [6, 6.07) is 3.16. The lowest BCUT2D eigenvalue weighted by molar-refractivity contribution is -0.141. The van der Waals surface area contributed by atoms with Gasteiger partial charge in [0, 0.05) is 24.7 Å². The highest BCUT2D eigenvalue weighted by Crippen LogP contribution is 2.07. The Labute approximate surface area is 260 Å². The first-order valence-corrected chi connectivity index (χ1v) is 14.6. The number of unbranched alkanes of at least 4 members (excludes halogenated alkanes) is 1. The van der Waals surface area contributed by atoms with Gasteiger partial charge < -0.3 is 48.1 Å². The Morgan fingerprint density at radius 1 is 0.778 bits per heavy atom. The Kier molecular flexibility index (Phi) is 15.2. The van der Waals surface area contributed by atoms with Crippen LogP contribution in [0.1, 0.15) is 44.4 Å². The third kappa shape index (κ3) is 12.7. The van der Waals surface area contributed by atoms with Gasteiger partial charge in [-0.05, 0) is 45.2 Å². The molecule has 16 heteroatoms. The Balaban J connectivity index is 2.15. The summed E-state index contributed by atoms with van der Waals surface area (Å²) in [4.78, 5) is 82.7. The van der Waals surface area contributed by atoms with Crippen molar-refractivity contribution in [3.63, 3.8) is 0 Å². The molecule has 0 fully saturated rings. The van der Waals surface area contributed by atoms with Gasteiger partial charge in [-0.25, -0.2) is 4.98 Å². The molecule has 16 nitrogen and oxygen atoms in total. The van der Waals surface area contributed by atoms with E-state index in [1.807, 2.05) is 0 Å². The molecule has 1 aromatic carbocycles. The van der Waals surface area contributed by atoms with Crippen LogP contribution in [0.25, 0.3) is 0 Å². The number of nitrogens with one attached hydrogen (secondary N) is 6. The van der Waals surface area contributed by atoms with Crippen LogP contribution in [-0.2, 0) is 41.6 Å². The quantitative estimate of drug-likeness (QED) is 0.0759. The first-order chi connectivity index (χ1) is 21.4. The van der Waals surface area contributed by atoms with Gasteiger partial charge in [0.15, 0.2) is 0 Å². The highest BCUT2D eigenvalue weighted by molar-refractivity contribution is 5.96. The molecular formula is C29H43N9O7. The van der Waals surface area contributed by atoms with Crippen molar-refractivity contribution in [3.8, 4) is 0 Å². The minimum absolute atomic E-state index is 0.0544.